The summed E-state index contributed by atoms with van der Waals surface area (Å²) in [6.07, 6.45) is -0.484. The molecule has 0 saturated heterocycles. The van der Waals surface area contributed by atoms with E-state index in [1.807, 2.05) is 0 Å². The summed E-state index contributed by atoms with van der Waals surface area (Å²) >= 11 is 0. The highest BCUT2D eigenvalue weighted by Crippen LogP contribution is 2.15. The zero-order valence-corrected chi connectivity index (χ0v) is 16.6. The van der Waals surface area contributed by atoms with Crippen molar-refractivity contribution in [1.29, 1.82) is 0 Å². The number of benzene rings is 1. The van der Waals surface area contributed by atoms with Crippen LogP contribution in [0.4, 0.5) is 10.5 Å². The average Bonchev–Trinajstić information content (AvgIpc) is 2.53. The first kappa shape index (κ1) is 22.7. The molecular formula is C18H28N6O4. The standard InChI is InChI=1S/C18H28N6O4/c1-5-27-14(25)13(23-17(26)28-18(2,3)4)10-11-6-8-12(9-7-11)22-16(21)24-15(19)20/h6-9,13H,5,10H2,1-4H3,(H,23,26)(H6,19,20,21,22,24). The van der Waals surface area contributed by atoms with E-state index in [0.717, 1.165) is 5.56 Å². The molecule has 1 atom stereocenters. The number of hydrogen-bond acceptors (Lipinski definition) is 5. The molecule has 154 valence electrons. The van der Waals surface area contributed by atoms with E-state index in [-0.39, 0.29) is 24.9 Å². The molecule has 1 aromatic carbocycles. The molecule has 0 saturated carbocycles. The van der Waals surface area contributed by atoms with Gasteiger partial charge in [-0.05, 0) is 45.4 Å². The minimum absolute atomic E-state index is 0.0799. The smallest absolute Gasteiger partial charge is 0.408 e. The Kier molecular flexibility index (Phi) is 8.24. The number of alkyl carbamates (subject to hydrolysis) is 1. The number of esters is 1. The highest BCUT2D eigenvalue weighted by atomic mass is 16.6. The molecule has 0 radical (unpaired) electrons. The van der Waals surface area contributed by atoms with Gasteiger partial charge in [-0.15, -0.1) is 0 Å². The second-order valence-corrected chi connectivity index (χ2v) is 6.83. The van der Waals surface area contributed by atoms with Gasteiger partial charge >= 0.3 is 12.1 Å². The Balaban J connectivity index is 2.89. The van der Waals surface area contributed by atoms with Crippen molar-refractivity contribution in [3.05, 3.63) is 29.8 Å². The number of amides is 1. The normalized spacial score (nSPS) is 12.6. The van der Waals surface area contributed by atoms with Crippen LogP contribution >= 0.6 is 0 Å². The van der Waals surface area contributed by atoms with Crippen molar-refractivity contribution in [2.45, 2.75) is 45.8 Å². The van der Waals surface area contributed by atoms with E-state index < -0.39 is 23.7 Å². The van der Waals surface area contributed by atoms with Crippen molar-refractivity contribution in [2.75, 3.05) is 6.61 Å². The number of hydrogen-bond donors (Lipinski definition) is 4. The summed E-state index contributed by atoms with van der Waals surface area (Å²) in [6, 6.07) is 5.95. The van der Waals surface area contributed by atoms with Gasteiger partial charge in [0.05, 0.1) is 12.3 Å². The maximum absolute atomic E-state index is 12.2. The molecule has 0 bridgehead atoms. The van der Waals surface area contributed by atoms with Crippen LogP contribution in [0.15, 0.2) is 34.3 Å². The lowest BCUT2D eigenvalue weighted by Gasteiger charge is -2.23. The first-order chi connectivity index (χ1) is 13.0. The highest BCUT2D eigenvalue weighted by Gasteiger charge is 2.25. The van der Waals surface area contributed by atoms with Crippen LogP contribution in [-0.2, 0) is 20.7 Å². The van der Waals surface area contributed by atoms with Crippen molar-refractivity contribution >= 4 is 29.7 Å². The molecule has 0 aliphatic rings. The van der Waals surface area contributed by atoms with Gasteiger partial charge in [0.2, 0.25) is 5.96 Å². The summed E-state index contributed by atoms with van der Waals surface area (Å²) < 4.78 is 10.2. The fourth-order valence-electron chi connectivity index (χ4n) is 2.12. The molecule has 10 nitrogen and oxygen atoms in total. The van der Waals surface area contributed by atoms with Gasteiger partial charge in [0.1, 0.15) is 11.6 Å². The molecule has 0 spiro atoms. The maximum Gasteiger partial charge on any atom is 0.408 e. The summed E-state index contributed by atoms with van der Waals surface area (Å²) in [5.74, 6) is -0.820. The minimum atomic E-state index is -0.893. The summed E-state index contributed by atoms with van der Waals surface area (Å²) in [7, 11) is 0. The molecular weight excluding hydrogens is 364 g/mol. The van der Waals surface area contributed by atoms with Crippen molar-refractivity contribution in [3.8, 4) is 0 Å². The van der Waals surface area contributed by atoms with Crippen LogP contribution in [0, 0.1) is 0 Å². The quantitative estimate of drug-likeness (QED) is 0.317. The molecule has 0 aromatic heterocycles. The van der Waals surface area contributed by atoms with E-state index in [0.29, 0.717) is 5.69 Å². The maximum atomic E-state index is 12.2. The Morgan fingerprint density at radius 2 is 1.75 bits per heavy atom. The van der Waals surface area contributed by atoms with Crippen LogP contribution in [-0.4, -0.2) is 42.2 Å². The molecule has 1 rings (SSSR count). The Labute approximate surface area is 164 Å². The Morgan fingerprint density at radius 3 is 2.25 bits per heavy atom. The van der Waals surface area contributed by atoms with Crippen LogP contribution in [0.3, 0.4) is 0 Å². The third-order valence-corrected chi connectivity index (χ3v) is 3.13. The fraction of sp³-hybridized carbons (Fsp3) is 0.444. The zero-order chi connectivity index (χ0) is 21.3. The number of nitrogens with two attached hydrogens (primary N) is 3. The molecule has 0 heterocycles. The van der Waals surface area contributed by atoms with Gasteiger partial charge in [0.15, 0.2) is 5.96 Å². The lowest BCUT2D eigenvalue weighted by molar-refractivity contribution is -0.145. The lowest BCUT2D eigenvalue weighted by atomic mass is 10.1. The third-order valence-electron chi connectivity index (χ3n) is 3.13. The van der Waals surface area contributed by atoms with Gasteiger partial charge in [0, 0.05) is 6.42 Å². The fourth-order valence-corrected chi connectivity index (χ4v) is 2.12. The highest BCUT2D eigenvalue weighted by molar-refractivity contribution is 5.93. The average molecular weight is 392 g/mol. The number of nitrogens with one attached hydrogen (secondary N) is 1. The van der Waals surface area contributed by atoms with E-state index in [1.54, 1.807) is 52.0 Å². The van der Waals surface area contributed by atoms with Crippen LogP contribution < -0.4 is 22.5 Å². The number of ether oxygens (including phenoxy) is 2. The Hall–Kier alpha value is -3.30. The van der Waals surface area contributed by atoms with Gasteiger partial charge < -0.3 is 32.0 Å². The largest absolute Gasteiger partial charge is 0.464 e. The van der Waals surface area contributed by atoms with Gasteiger partial charge in [-0.3, -0.25) is 0 Å². The van der Waals surface area contributed by atoms with Crippen molar-refractivity contribution < 1.29 is 19.1 Å². The van der Waals surface area contributed by atoms with E-state index >= 15 is 0 Å². The predicted molar refractivity (Wildman–Crippen MR) is 107 cm³/mol. The molecule has 1 amide bonds. The zero-order valence-electron chi connectivity index (χ0n) is 16.6. The molecule has 0 aliphatic carbocycles. The monoisotopic (exact) mass is 392 g/mol. The molecule has 0 aliphatic heterocycles. The lowest BCUT2D eigenvalue weighted by Crippen LogP contribution is -2.45. The van der Waals surface area contributed by atoms with E-state index in [9.17, 15) is 9.59 Å². The second-order valence-electron chi connectivity index (χ2n) is 6.83. The minimum Gasteiger partial charge on any atom is -0.464 e. The van der Waals surface area contributed by atoms with Crippen LogP contribution in [0.2, 0.25) is 0 Å². The van der Waals surface area contributed by atoms with Crippen molar-refractivity contribution in [2.24, 2.45) is 27.2 Å². The second kappa shape index (κ2) is 10.1. The van der Waals surface area contributed by atoms with Crippen LogP contribution in [0.25, 0.3) is 0 Å². The predicted octanol–water partition coefficient (Wildman–Crippen LogP) is 0.905. The number of aliphatic imine (C=N–C) groups is 2. The molecule has 1 aromatic rings. The Bertz CT molecular complexity index is 733. The van der Waals surface area contributed by atoms with Gasteiger partial charge in [-0.1, -0.05) is 12.1 Å². The van der Waals surface area contributed by atoms with Gasteiger partial charge in [-0.25, -0.2) is 14.6 Å². The van der Waals surface area contributed by atoms with Crippen molar-refractivity contribution in [3.63, 3.8) is 0 Å². The SMILES string of the molecule is CCOC(=O)C(Cc1ccc(N=C(N)N=C(N)N)cc1)NC(=O)OC(C)(C)C. The summed E-state index contributed by atoms with van der Waals surface area (Å²) in [5, 5.41) is 2.55. The topological polar surface area (TPSA) is 167 Å². The number of carbonyl (C=O) groups is 2. The van der Waals surface area contributed by atoms with Crippen LogP contribution in [0.5, 0.6) is 0 Å². The molecule has 7 N–H and O–H groups in total. The van der Waals surface area contributed by atoms with E-state index in [2.05, 4.69) is 15.3 Å². The third kappa shape index (κ3) is 8.88. The molecule has 28 heavy (non-hydrogen) atoms. The Morgan fingerprint density at radius 1 is 1.14 bits per heavy atom. The van der Waals surface area contributed by atoms with Crippen molar-refractivity contribution in [1.82, 2.24) is 5.32 Å². The summed E-state index contributed by atoms with van der Waals surface area (Å²) in [5.41, 5.74) is 16.7. The number of nitrogens with zero attached hydrogens (tertiary/aromatic N) is 2. The molecule has 10 heteroatoms. The number of rotatable bonds is 6. The number of guanidine groups is 2. The van der Waals surface area contributed by atoms with Crippen LogP contribution in [0.1, 0.15) is 33.3 Å². The summed E-state index contributed by atoms with van der Waals surface area (Å²) in [4.78, 5) is 31.9. The van der Waals surface area contributed by atoms with E-state index in [1.165, 1.54) is 0 Å². The van der Waals surface area contributed by atoms with Gasteiger partial charge in [-0.2, -0.15) is 4.99 Å². The molecule has 1 unspecified atom stereocenters. The van der Waals surface area contributed by atoms with Gasteiger partial charge in [0.25, 0.3) is 0 Å². The number of carbonyl (C=O) groups excluding carboxylic acids is 2. The first-order valence-electron chi connectivity index (χ1n) is 8.69. The summed E-state index contributed by atoms with van der Waals surface area (Å²) in [6.45, 7) is 7.09. The first-order valence-corrected chi connectivity index (χ1v) is 8.69. The molecule has 0 fully saturated rings. The van der Waals surface area contributed by atoms with E-state index in [4.69, 9.17) is 26.7 Å².